The molecule has 1 aliphatic heterocycles. The molecule has 0 spiro atoms. The third-order valence-corrected chi connectivity index (χ3v) is 4.64. The van der Waals surface area contributed by atoms with E-state index in [2.05, 4.69) is 5.32 Å². The fraction of sp³-hybridized carbons (Fsp3) is 0.176. The number of anilines is 2. The Hall–Kier alpha value is -2.27. The van der Waals surface area contributed by atoms with Gasteiger partial charge in [-0.15, -0.1) is 11.8 Å². The number of carbonyl (C=O) groups is 2. The highest BCUT2D eigenvalue weighted by atomic mass is 32.2. The molecule has 3 rings (SSSR count). The van der Waals surface area contributed by atoms with Crippen LogP contribution in [0.3, 0.4) is 0 Å². The lowest BCUT2D eigenvalue weighted by molar-refractivity contribution is -0.116. The highest BCUT2D eigenvalue weighted by Gasteiger charge is 2.25. The molecule has 0 saturated heterocycles. The number of hydrogen-bond donors (Lipinski definition) is 1. The molecule has 0 unspecified atom stereocenters. The average Bonchev–Trinajstić information content (AvgIpc) is 2.52. The summed E-state index contributed by atoms with van der Waals surface area (Å²) in [6.45, 7) is 2.58. The van der Waals surface area contributed by atoms with Crippen molar-refractivity contribution < 1.29 is 9.59 Å². The van der Waals surface area contributed by atoms with Crippen molar-refractivity contribution in [2.75, 3.05) is 16.0 Å². The van der Waals surface area contributed by atoms with Crippen LogP contribution in [0.4, 0.5) is 11.4 Å². The number of carbonyl (C=O) groups excluding carboxylic acids is 2. The van der Waals surface area contributed by atoms with E-state index in [1.54, 1.807) is 4.90 Å². The average molecular weight is 312 g/mol. The van der Waals surface area contributed by atoms with Crippen LogP contribution in [-0.4, -0.2) is 18.1 Å². The minimum Gasteiger partial charge on any atom is -0.329 e. The van der Waals surface area contributed by atoms with Crippen LogP contribution in [-0.2, 0) is 16.1 Å². The highest BCUT2D eigenvalue weighted by molar-refractivity contribution is 8.00. The van der Waals surface area contributed by atoms with E-state index in [1.807, 2.05) is 49.4 Å². The van der Waals surface area contributed by atoms with Gasteiger partial charge in [-0.05, 0) is 30.7 Å². The van der Waals surface area contributed by atoms with Crippen molar-refractivity contribution in [2.45, 2.75) is 18.4 Å². The first-order valence-electron chi connectivity index (χ1n) is 7.00. The van der Waals surface area contributed by atoms with E-state index in [9.17, 15) is 9.59 Å². The molecule has 112 valence electrons. The van der Waals surface area contributed by atoms with Gasteiger partial charge in [-0.1, -0.05) is 29.8 Å². The molecule has 22 heavy (non-hydrogen) atoms. The van der Waals surface area contributed by atoms with Gasteiger partial charge in [-0.3, -0.25) is 9.59 Å². The van der Waals surface area contributed by atoms with Crippen LogP contribution in [0.2, 0.25) is 0 Å². The Morgan fingerprint density at radius 1 is 1.23 bits per heavy atom. The topological polar surface area (TPSA) is 49.4 Å². The van der Waals surface area contributed by atoms with Gasteiger partial charge in [0.2, 0.25) is 12.3 Å². The fourth-order valence-electron chi connectivity index (χ4n) is 2.41. The summed E-state index contributed by atoms with van der Waals surface area (Å²) in [4.78, 5) is 25.8. The number of nitrogens with one attached hydrogen (secondary N) is 1. The second-order valence-electron chi connectivity index (χ2n) is 5.20. The van der Waals surface area contributed by atoms with Gasteiger partial charge in [0.25, 0.3) is 0 Å². The van der Waals surface area contributed by atoms with Gasteiger partial charge in [0.1, 0.15) is 0 Å². The van der Waals surface area contributed by atoms with Crippen LogP contribution < -0.4 is 10.2 Å². The molecule has 2 aromatic rings. The molecule has 5 heteroatoms. The summed E-state index contributed by atoms with van der Waals surface area (Å²) in [6.07, 6.45) is 0.643. The van der Waals surface area contributed by atoms with Crippen LogP contribution in [0, 0.1) is 6.92 Å². The second kappa shape index (κ2) is 6.23. The molecule has 2 amide bonds. The second-order valence-corrected chi connectivity index (χ2v) is 6.22. The Kier molecular flexibility index (Phi) is 4.15. The summed E-state index contributed by atoms with van der Waals surface area (Å²) in [5, 5.41) is 2.64. The zero-order valence-electron chi connectivity index (χ0n) is 12.2. The van der Waals surface area contributed by atoms with Crippen LogP contribution >= 0.6 is 11.8 Å². The minimum atomic E-state index is 0.0846. The molecule has 2 aromatic carbocycles. The van der Waals surface area contributed by atoms with Crippen molar-refractivity contribution in [3.63, 3.8) is 0 Å². The number of nitrogens with zero attached hydrogens (tertiary/aromatic N) is 1. The van der Waals surface area contributed by atoms with Crippen LogP contribution in [0.15, 0.2) is 47.4 Å². The number of hydrogen-bond acceptors (Lipinski definition) is 3. The minimum absolute atomic E-state index is 0.0846. The Morgan fingerprint density at radius 3 is 2.73 bits per heavy atom. The molecule has 0 atom stereocenters. The summed E-state index contributed by atoms with van der Waals surface area (Å²) in [5.74, 6) is 0.528. The number of fused-ring (bicyclic) bond motifs is 1. The lowest BCUT2D eigenvalue weighted by Gasteiger charge is -2.29. The van der Waals surface area contributed by atoms with E-state index in [4.69, 9.17) is 0 Å². The number of rotatable bonds is 4. The van der Waals surface area contributed by atoms with Crippen molar-refractivity contribution >= 4 is 35.5 Å². The van der Waals surface area contributed by atoms with Crippen molar-refractivity contribution in [2.24, 2.45) is 0 Å². The first kappa shape index (κ1) is 14.7. The van der Waals surface area contributed by atoms with Gasteiger partial charge in [0.15, 0.2) is 0 Å². The summed E-state index contributed by atoms with van der Waals surface area (Å²) < 4.78 is 0. The first-order valence-corrected chi connectivity index (χ1v) is 7.99. The van der Waals surface area contributed by atoms with Gasteiger partial charge in [0.05, 0.1) is 18.0 Å². The molecular weight excluding hydrogens is 296 g/mol. The fourth-order valence-corrected chi connectivity index (χ4v) is 3.33. The smallest absolute Gasteiger partial charge is 0.237 e. The molecule has 0 bridgehead atoms. The van der Waals surface area contributed by atoms with Crippen LogP contribution in [0.5, 0.6) is 0 Å². The van der Waals surface area contributed by atoms with E-state index < -0.39 is 0 Å². The molecule has 1 heterocycles. The van der Waals surface area contributed by atoms with E-state index in [0.717, 1.165) is 16.1 Å². The third kappa shape index (κ3) is 2.99. The molecule has 0 aromatic heterocycles. The Bertz CT molecular complexity index is 713. The zero-order chi connectivity index (χ0) is 15.5. The number of thioether (sulfide) groups is 1. The van der Waals surface area contributed by atoms with E-state index >= 15 is 0 Å². The van der Waals surface area contributed by atoms with Gasteiger partial charge < -0.3 is 10.2 Å². The Balaban J connectivity index is 1.93. The van der Waals surface area contributed by atoms with Crippen molar-refractivity contribution in [3.05, 3.63) is 53.6 Å². The quantitative estimate of drug-likeness (QED) is 0.882. The monoisotopic (exact) mass is 312 g/mol. The van der Waals surface area contributed by atoms with E-state index in [0.29, 0.717) is 24.4 Å². The molecule has 0 fully saturated rings. The van der Waals surface area contributed by atoms with Gasteiger partial charge in [0, 0.05) is 10.6 Å². The summed E-state index contributed by atoms with van der Waals surface area (Å²) in [7, 11) is 0. The number of benzene rings is 2. The number of aryl methyl sites for hydroxylation is 1. The Labute approximate surface area is 133 Å². The van der Waals surface area contributed by atoms with Gasteiger partial charge in [-0.2, -0.15) is 0 Å². The van der Waals surface area contributed by atoms with Crippen molar-refractivity contribution in [3.8, 4) is 0 Å². The van der Waals surface area contributed by atoms with Gasteiger partial charge in [-0.25, -0.2) is 0 Å². The van der Waals surface area contributed by atoms with E-state index in [1.165, 1.54) is 17.3 Å². The SMILES string of the molecule is Cc1ccc(CN2C(=O)CSc3ccc(NC=O)cc32)cc1. The maximum absolute atomic E-state index is 12.3. The van der Waals surface area contributed by atoms with Crippen LogP contribution in [0.1, 0.15) is 11.1 Å². The standard InChI is InChI=1S/C17H16N2O2S/c1-12-2-4-13(5-3-12)9-19-15-8-14(18-11-20)6-7-16(15)22-10-17(19)21/h2-8,11H,9-10H2,1H3,(H,18,20). The summed E-state index contributed by atoms with van der Waals surface area (Å²) >= 11 is 1.53. The predicted molar refractivity (Wildman–Crippen MR) is 89.2 cm³/mol. The predicted octanol–water partition coefficient (Wildman–Crippen LogP) is 3.20. The summed E-state index contributed by atoms with van der Waals surface area (Å²) in [6, 6.07) is 13.8. The first-order chi connectivity index (χ1) is 10.7. The third-order valence-electron chi connectivity index (χ3n) is 3.59. The van der Waals surface area contributed by atoms with Gasteiger partial charge >= 0.3 is 0 Å². The van der Waals surface area contributed by atoms with Crippen molar-refractivity contribution in [1.82, 2.24) is 0 Å². The van der Waals surface area contributed by atoms with Crippen molar-refractivity contribution in [1.29, 1.82) is 0 Å². The lowest BCUT2D eigenvalue weighted by Crippen LogP contribution is -2.34. The molecule has 1 N–H and O–H groups in total. The normalized spacial score (nSPS) is 13.7. The zero-order valence-corrected chi connectivity index (χ0v) is 13.0. The Morgan fingerprint density at radius 2 is 2.00 bits per heavy atom. The van der Waals surface area contributed by atoms with Crippen LogP contribution in [0.25, 0.3) is 0 Å². The molecule has 1 aliphatic rings. The molecule has 0 saturated carbocycles. The molecular formula is C17H16N2O2S. The molecule has 4 nitrogen and oxygen atoms in total. The maximum atomic E-state index is 12.3. The molecule has 0 aliphatic carbocycles. The number of amides is 2. The highest BCUT2D eigenvalue weighted by Crippen LogP contribution is 2.37. The maximum Gasteiger partial charge on any atom is 0.237 e. The van der Waals surface area contributed by atoms with E-state index in [-0.39, 0.29) is 5.91 Å². The summed E-state index contributed by atoms with van der Waals surface area (Å²) in [5.41, 5.74) is 3.83. The molecule has 0 radical (unpaired) electrons. The lowest BCUT2D eigenvalue weighted by atomic mass is 10.1. The largest absolute Gasteiger partial charge is 0.329 e.